The van der Waals surface area contributed by atoms with E-state index in [1.54, 1.807) is 6.07 Å². The van der Waals surface area contributed by atoms with Gasteiger partial charge in [-0.15, -0.1) is 0 Å². The highest BCUT2D eigenvalue weighted by molar-refractivity contribution is 5.94. The summed E-state index contributed by atoms with van der Waals surface area (Å²) >= 11 is 0. The predicted molar refractivity (Wildman–Crippen MR) is 91.2 cm³/mol. The van der Waals surface area contributed by atoms with Gasteiger partial charge in [0.05, 0.1) is 0 Å². The maximum absolute atomic E-state index is 12.0. The third kappa shape index (κ3) is 2.82. The number of aryl methyl sites for hydroxylation is 1. The van der Waals surface area contributed by atoms with E-state index in [0.717, 1.165) is 28.5 Å². The summed E-state index contributed by atoms with van der Waals surface area (Å²) < 4.78 is 5.43. The molecule has 2 nitrogen and oxygen atoms in total. The van der Waals surface area contributed by atoms with Crippen molar-refractivity contribution in [2.45, 2.75) is 27.2 Å². The molecule has 0 unspecified atom stereocenters. The molecule has 0 fully saturated rings. The maximum Gasteiger partial charge on any atom is 0.336 e. The van der Waals surface area contributed by atoms with Crippen molar-refractivity contribution >= 4 is 11.0 Å². The van der Waals surface area contributed by atoms with Crippen LogP contribution in [0.5, 0.6) is 0 Å². The summed E-state index contributed by atoms with van der Waals surface area (Å²) in [6, 6.07) is 15.9. The van der Waals surface area contributed by atoms with Crippen LogP contribution in [0.15, 0.2) is 57.7 Å². The molecule has 1 heterocycles. The van der Waals surface area contributed by atoms with E-state index in [2.05, 4.69) is 39.0 Å². The van der Waals surface area contributed by atoms with Crippen molar-refractivity contribution in [3.05, 3.63) is 70.1 Å². The molecule has 0 atom stereocenters. The van der Waals surface area contributed by atoms with Crippen LogP contribution in [0, 0.1) is 12.8 Å². The molecule has 3 aromatic rings. The second kappa shape index (κ2) is 5.80. The van der Waals surface area contributed by atoms with Gasteiger partial charge in [0.1, 0.15) is 5.58 Å². The van der Waals surface area contributed by atoms with Crippen LogP contribution in [0.2, 0.25) is 0 Å². The third-order valence-corrected chi connectivity index (χ3v) is 3.89. The van der Waals surface area contributed by atoms with E-state index < -0.39 is 0 Å². The molecule has 112 valence electrons. The molecular weight excluding hydrogens is 272 g/mol. The molecule has 0 spiro atoms. The standard InChI is InChI=1S/C20H20O2/c1-13(2)10-15-8-9-17-18(12-20(21)22-19(17)11-15)16-7-5-4-6-14(16)3/h4-9,11-13H,10H2,1-3H3. The Labute approximate surface area is 130 Å². The van der Waals surface area contributed by atoms with Gasteiger partial charge in [-0.05, 0) is 42.0 Å². The molecule has 2 heteroatoms. The van der Waals surface area contributed by atoms with Crippen molar-refractivity contribution < 1.29 is 4.42 Å². The van der Waals surface area contributed by atoms with E-state index in [0.29, 0.717) is 11.5 Å². The molecule has 0 aliphatic heterocycles. The zero-order valence-electron chi connectivity index (χ0n) is 13.2. The number of benzene rings is 2. The molecule has 0 amide bonds. The number of hydrogen-bond acceptors (Lipinski definition) is 2. The van der Waals surface area contributed by atoms with Gasteiger partial charge in [-0.3, -0.25) is 0 Å². The Morgan fingerprint density at radius 3 is 2.50 bits per heavy atom. The van der Waals surface area contributed by atoms with Crippen LogP contribution in [0.25, 0.3) is 22.1 Å². The molecular formula is C20H20O2. The minimum absolute atomic E-state index is 0.299. The van der Waals surface area contributed by atoms with Crippen LogP contribution in [-0.2, 0) is 6.42 Å². The lowest BCUT2D eigenvalue weighted by atomic mass is 9.96. The zero-order chi connectivity index (χ0) is 15.7. The Balaban J connectivity index is 2.23. The fourth-order valence-corrected chi connectivity index (χ4v) is 2.90. The van der Waals surface area contributed by atoms with E-state index in [-0.39, 0.29) is 5.63 Å². The summed E-state index contributed by atoms with van der Waals surface area (Å²) in [4.78, 5) is 12.0. The van der Waals surface area contributed by atoms with Crippen LogP contribution < -0.4 is 5.63 Å². The number of hydrogen-bond donors (Lipinski definition) is 0. The molecule has 22 heavy (non-hydrogen) atoms. The quantitative estimate of drug-likeness (QED) is 0.638. The molecule has 0 aliphatic carbocycles. The van der Waals surface area contributed by atoms with Crippen LogP contribution in [-0.4, -0.2) is 0 Å². The topological polar surface area (TPSA) is 30.2 Å². The Kier molecular flexibility index (Phi) is 3.84. The largest absolute Gasteiger partial charge is 0.423 e. The first-order valence-corrected chi connectivity index (χ1v) is 7.67. The molecule has 0 bridgehead atoms. The summed E-state index contributed by atoms with van der Waals surface area (Å²) in [5, 5.41) is 0.987. The average Bonchev–Trinajstić information content (AvgIpc) is 2.46. The van der Waals surface area contributed by atoms with E-state index in [9.17, 15) is 4.79 Å². The van der Waals surface area contributed by atoms with Crippen LogP contribution in [0.3, 0.4) is 0 Å². The van der Waals surface area contributed by atoms with Gasteiger partial charge < -0.3 is 4.42 Å². The van der Waals surface area contributed by atoms with Gasteiger partial charge in [-0.2, -0.15) is 0 Å². The first kappa shape index (κ1) is 14.6. The SMILES string of the molecule is Cc1ccccc1-c1cc(=O)oc2cc(CC(C)C)ccc12. The van der Waals surface area contributed by atoms with Crippen molar-refractivity contribution in [2.24, 2.45) is 5.92 Å². The monoisotopic (exact) mass is 292 g/mol. The summed E-state index contributed by atoms with van der Waals surface area (Å²) in [6.45, 7) is 6.43. The van der Waals surface area contributed by atoms with Crippen molar-refractivity contribution in [3.63, 3.8) is 0 Å². The van der Waals surface area contributed by atoms with Crippen molar-refractivity contribution in [3.8, 4) is 11.1 Å². The minimum atomic E-state index is -0.299. The lowest BCUT2D eigenvalue weighted by Crippen LogP contribution is -2.00. The van der Waals surface area contributed by atoms with Gasteiger partial charge in [-0.25, -0.2) is 4.79 Å². The fraction of sp³-hybridized carbons (Fsp3) is 0.250. The highest BCUT2D eigenvalue weighted by atomic mass is 16.4. The second-order valence-corrected chi connectivity index (χ2v) is 6.22. The highest BCUT2D eigenvalue weighted by Crippen LogP contribution is 2.30. The van der Waals surface area contributed by atoms with Crippen molar-refractivity contribution in [2.75, 3.05) is 0 Å². The van der Waals surface area contributed by atoms with E-state index >= 15 is 0 Å². The summed E-state index contributed by atoms with van der Waals surface area (Å²) in [7, 11) is 0. The molecule has 0 N–H and O–H groups in total. The first-order chi connectivity index (χ1) is 10.5. The molecule has 0 radical (unpaired) electrons. The predicted octanol–water partition coefficient (Wildman–Crippen LogP) is 4.97. The lowest BCUT2D eigenvalue weighted by molar-refractivity contribution is 0.560. The summed E-state index contributed by atoms with van der Waals surface area (Å²) in [5.74, 6) is 0.573. The fourth-order valence-electron chi connectivity index (χ4n) is 2.90. The average molecular weight is 292 g/mol. The summed E-state index contributed by atoms with van der Waals surface area (Å²) in [5.41, 5.74) is 4.75. The summed E-state index contributed by atoms with van der Waals surface area (Å²) in [6.07, 6.45) is 0.980. The van der Waals surface area contributed by atoms with Gasteiger partial charge in [0.25, 0.3) is 0 Å². The molecule has 1 aromatic heterocycles. The zero-order valence-corrected chi connectivity index (χ0v) is 13.2. The highest BCUT2D eigenvalue weighted by Gasteiger charge is 2.10. The van der Waals surface area contributed by atoms with Crippen LogP contribution >= 0.6 is 0 Å². The van der Waals surface area contributed by atoms with Gasteiger partial charge in [0.2, 0.25) is 0 Å². The molecule has 0 saturated heterocycles. The number of fused-ring (bicyclic) bond motifs is 1. The van der Waals surface area contributed by atoms with E-state index in [1.165, 1.54) is 5.56 Å². The maximum atomic E-state index is 12.0. The van der Waals surface area contributed by atoms with Crippen molar-refractivity contribution in [1.29, 1.82) is 0 Å². The Hall–Kier alpha value is -2.35. The second-order valence-electron chi connectivity index (χ2n) is 6.22. The van der Waals surface area contributed by atoms with Crippen LogP contribution in [0.4, 0.5) is 0 Å². The first-order valence-electron chi connectivity index (χ1n) is 7.67. The third-order valence-electron chi connectivity index (χ3n) is 3.89. The Bertz CT molecular complexity index is 872. The molecule has 2 aromatic carbocycles. The lowest BCUT2D eigenvalue weighted by Gasteiger charge is -2.10. The van der Waals surface area contributed by atoms with Gasteiger partial charge in [0.15, 0.2) is 0 Å². The smallest absolute Gasteiger partial charge is 0.336 e. The van der Waals surface area contributed by atoms with Gasteiger partial charge >= 0.3 is 5.63 Å². The molecule has 3 rings (SSSR count). The van der Waals surface area contributed by atoms with E-state index in [4.69, 9.17) is 4.42 Å². The Morgan fingerprint density at radius 2 is 1.77 bits per heavy atom. The van der Waals surface area contributed by atoms with E-state index in [1.807, 2.05) is 24.3 Å². The Morgan fingerprint density at radius 1 is 1.00 bits per heavy atom. The van der Waals surface area contributed by atoms with Gasteiger partial charge in [0, 0.05) is 17.0 Å². The minimum Gasteiger partial charge on any atom is -0.423 e. The van der Waals surface area contributed by atoms with Crippen molar-refractivity contribution in [1.82, 2.24) is 0 Å². The molecule has 0 saturated carbocycles. The van der Waals surface area contributed by atoms with Gasteiger partial charge in [-0.1, -0.05) is 50.2 Å². The molecule has 0 aliphatic rings. The number of rotatable bonds is 3. The normalized spacial score (nSPS) is 11.3. The van der Waals surface area contributed by atoms with Crippen LogP contribution in [0.1, 0.15) is 25.0 Å².